The predicted molar refractivity (Wildman–Crippen MR) is 105 cm³/mol. The fourth-order valence-corrected chi connectivity index (χ4v) is 5.08. The van der Waals surface area contributed by atoms with Crippen molar-refractivity contribution in [3.05, 3.63) is 29.8 Å². The number of hydrogen-bond donors (Lipinski definition) is 1. The van der Waals surface area contributed by atoms with Crippen molar-refractivity contribution in [3.63, 3.8) is 0 Å². The maximum absolute atomic E-state index is 11.7. The zero-order valence-electron chi connectivity index (χ0n) is 15.1. The number of carbonyl (C=O) groups excluding carboxylic acids is 3. The molecule has 0 spiro atoms. The van der Waals surface area contributed by atoms with Gasteiger partial charge in [-0.2, -0.15) is 0 Å². The number of amides is 1. The van der Waals surface area contributed by atoms with Crippen molar-refractivity contribution in [2.75, 3.05) is 38.4 Å². The number of nitrogens with one attached hydrogen (secondary N) is 1. The third kappa shape index (κ3) is 8.13. The number of ether oxygens (including phenoxy) is 3. The molecule has 1 aromatic carbocycles. The number of thioether (sulfide) groups is 2. The molecule has 0 bridgehead atoms. The van der Waals surface area contributed by atoms with Gasteiger partial charge >= 0.3 is 11.9 Å². The zero-order valence-corrected chi connectivity index (χ0v) is 16.7. The van der Waals surface area contributed by atoms with E-state index in [1.165, 1.54) is 12.7 Å². The molecule has 1 aliphatic heterocycles. The van der Waals surface area contributed by atoms with Crippen molar-refractivity contribution in [1.29, 1.82) is 0 Å². The Morgan fingerprint density at radius 2 is 1.78 bits per heavy atom. The highest BCUT2D eigenvalue weighted by atomic mass is 32.2. The Morgan fingerprint density at radius 1 is 1.07 bits per heavy atom. The molecule has 148 valence electrons. The first-order valence-corrected chi connectivity index (χ1v) is 10.6. The molecule has 0 aromatic heterocycles. The van der Waals surface area contributed by atoms with Crippen LogP contribution in [0.2, 0.25) is 0 Å². The van der Waals surface area contributed by atoms with Gasteiger partial charge in [0.25, 0.3) is 5.91 Å². The number of rotatable bonds is 10. The van der Waals surface area contributed by atoms with E-state index in [0.717, 1.165) is 11.5 Å². The van der Waals surface area contributed by atoms with E-state index in [0.29, 0.717) is 23.3 Å². The van der Waals surface area contributed by atoms with Crippen LogP contribution in [0.15, 0.2) is 24.3 Å². The standard InChI is InChI=1S/C18H23NO6S2/c1-23-16(21)3-2-8-19-15(20)11-25-17(22)12-24-14-6-4-13(5-7-14)18-26-9-10-27-18/h4-7,18H,2-3,8-12H2,1H3,(H,19,20). The summed E-state index contributed by atoms with van der Waals surface area (Å²) in [5, 5.41) is 2.56. The van der Waals surface area contributed by atoms with Crippen LogP contribution in [0.25, 0.3) is 0 Å². The summed E-state index contributed by atoms with van der Waals surface area (Å²) in [7, 11) is 1.31. The van der Waals surface area contributed by atoms with Crippen LogP contribution in [0.3, 0.4) is 0 Å². The van der Waals surface area contributed by atoms with Gasteiger partial charge in [-0.3, -0.25) is 9.59 Å². The predicted octanol–water partition coefficient (Wildman–Crippen LogP) is 2.16. The van der Waals surface area contributed by atoms with E-state index in [1.54, 1.807) is 0 Å². The van der Waals surface area contributed by atoms with E-state index in [2.05, 4.69) is 10.1 Å². The summed E-state index contributed by atoms with van der Waals surface area (Å²) in [6.45, 7) is -0.330. The van der Waals surface area contributed by atoms with Crippen LogP contribution >= 0.6 is 23.5 Å². The number of esters is 2. The lowest BCUT2D eigenvalue weighted by atomic mass is 10.2. The Morgan fingerprint density at radius 3 is 2.44 bits per heavy atom. The molecule has 1 fully saturated rings. The minimum absolute atomic E-state index is 0.224. The number of methoxy groups -OCH3 is 1. The Bertz CT molecular complexity index is 631. The van der Waals surface area contributed by atoms with Crippen molar-refractivity contribution in [2.24, 2.45) is 0 Å². The average Bonchev–Trinajstić information content (AvgIpc) is 3.23. The summed E-state index contributed by atoms with van der Waals surface area (Å²) >= 11 is 3.85. The molecule has 1 N–H and O–H groups in total. The lowest BCUT2D eigenvalue weighted by Crippen LogP contribution is -2.30. The van der Waals surface area contributed by atoms with Gasteiger partial charge in [0.15, 0.2) is 13.2 Å². The number of hydrogen-bond acceptors (Lipinski definition) is 8. The smallest absolute Gasteiger partial charge is 0.344 e. The Balaban J connectivity index is 1.58. The van der Waals surface area contributed by atoms with Crippen molar-refractivity contribution in [3.8, 4) is 5.75 Å². The number of benzene rings is 1. The molecule has 0 atom stereocenters. The summed E-state index contributed by atoms with van der Waals surface area (Å²) < 4.78 is 15.2. The number of carbonyl (C=O) groups is 3. The van der Waals surface area contributed by atoms with Crippen LogP contribution in [-0.4, -0.2) is 56.2 Å². The first kappa shape index (κ1) is 21.4. The van der Waals surface area contributed by atoms with E-state index in [1.807, 2.05) is 47.8 Å². The molecule has 0 aliphatic carbocycles. The second-order valence-electron chi connectivity index (χ2n) is 5.62. The fraction of sp³-hybridized carbons (Fsp3) is 0.500. The molecule has 7 nitrogen and oxygen atoms in total. The quantitative estimate of drug-likeness (QED) is 0.461. The second-order valence-corrected chi connectivity index (χ2v) is 8.35. The first-order chi connectivity index (χ1) is 13.1. The molecule has 2 rings (SSSR count). The van der Waals surface area contributed by atoms with Gasteiger partial charge in [0.1, 0.15) is 5.75 Å². The SMILES string of the molecule is COC(=O)CCCNC(=O)COC(=O)COc1ccc(C2SCCS2)cc1. The monoisotopic (exact) mass is 413 g/mol. The minimum atomic E-state index is -0.620. The van der Waals surface area contributed by atoms with E-state index >= 15 is 0 Å². The first-order valence-electron chi connectivity index (χ1n) is 8.53. The maximum Gasteiger partial charge on any atom is 0.344 e. The lowest BCUT2D eigenvalue weighted by Gasteiger charge is -2.10. The fourth-order valence-electron chi connectivity index (χ4n) is 2.22. The van der Waals surface area contributed by atoms with Crippen LogP contribution in [-0.2, 0) is 23.9 Å². The van der Waals surface area contributed by atoms with Gasteiger partial charge in [-0.15, -0.1) is 23.5 Å². The Labute approximate surface area is 166 Å². The third-order valence-corrected chi connectivity index (χ3v) is 6.71. The van der Waals surface area contributed by atoms with Gasteiger partial charge in [-0.1, -0.05) is 12.1 Å². The molecule has 0 saturated carbocycles. The molecule has 1 aromatic rings. The molecule has 1 amide bonds. The molecule has 1 heterocycles. The molecular formula is C18H23NO6S2. The highest BCUT2D eigenvalue weighted by Gasteiger charge is 2.18. The molecule has 1 saturated heterocycles. The second kappa shape index (κ2) is 11.8. The van der Waals surface area contributed by atoms with E-state index in [-0.39, 0.29) is 25.6 Å². The van der Waals surface area contributed by atoms with Gasteiger partial charge < -0.3 is 19.5 Å². The summed E-state index contributed by atoms with van der Waals surface area (Å²) in [6, 6.07) is 7.66. The van der Waals surface area contributed by atoms with Crippen molar-refractivity contribution < 1.29 is 28.6 Å². The Hall–Kier alpha value is -1.87. The van der Waals surface area contributed by atoms with Crippen molar-refractivity contribution in [2.45, 2.75) is 17.4 Å². The van der Waals surface area contributed by atoms with Gasteiger partial charge in [-0.25, -0.2) is 4.79 Å². The summed E-state index contributed by atoms with van der Waals surface area (Å²) in [5.74, 6) is 1.53. The molecule has 0 unspecified atom stereocenters. The van der Waals surface area contributed by atoms with Gasteiger partial charge in [0.05, 0.1) is 11.7 Å². The summed E-state index contributed by atoms with van der Waals surface area (Å²) in [5.41, 5.74) is 1.24. The molecular weight excluding hydrogens is 390 g/mol. The lowest BCUT2D eigenvalue weighted by molar-refractivity contribution is -0.150. The third-order valence-electron chi connectivity index (χ3n) is 3.60. The topological polar surface area (TPSA) is 90.9 Å². The minimum Gasteiger partial charge on any atom is -0.482 e. The van der Waals surface area contributed by atoms with Crippen LogP contribution in [0.4, 0.5) is 0 Å². The largest absolute Gasteiger partial charge is 0.482 e. The highest BCUT2D eigenvalue weighted by Crippen LogP contribution is 2.45. The summed E-state index contributed by atoms with van der Waals surface area (Å²) in [6.07, 6.45) is 0.685. The normalized spacial score (nSPS) is 13.8. The Kier molecular flexibility index (Phi) is 9.34. The van der Waals surface area contributed by atoms with E-state index < -0.39 is 11.9 Å². The summed E-state index contributed by atoms with van der Waals surface area (Å²) in [4.78, 5) is 34.1. The molecule has 27 heavy (non-hydrogen) atoms. The molecule has 0 radical (unpaired) electrons. The van der Waals surface area contributed by atoms with Crippen molar-refractivity contribution in [1.82, 2.24) is 5.32 Å². The van der Waals surface area contributed by atoms with Crippen LogP contribution < -0.4 is 10.1 Å². The molecule has 1 aliphatic rings. The van der Waals surface area contributed by atoms with Crippen molar-refractivity contribution >= 4 is 41.4 Å². The van der Waals surface area contributed by atoms with Gasteiger partial charge in [0, 0.05) is 24.5 Å². The average molecular weight is 414 g/mol. The van der Waals surface area contributed by atoms with Crippen LogP contribution in [0, 0.1) is 0 Å². The maximum atomic E-state index is 11.7. The molecule has 9 heteroatoms. The van der Waals surface area contributed by atoms with E-state index in [9.17, 15) is 14.4 Å². The zero-order chi connectivity index (χ0) is 19.5. The van der Waals surface area contributed by atoms with E-state index in [4.69, 9.17) is 9.47 Å². The van der Waals surface area contributed by atoms with Gasteiger partial charge in [-0.05, 0) is 24.1 Å². The highest BCUT2D eigenvalue weighted by molar-refractivity contribution is 8.19. The van der Waals surface area contributed by atoms with Crippen LogP contribution in [0.1, 0.15) is 23.0 Å². The van der Waals surface area contributed by atoms with Crippen LogP contribution in [0.5, 0.6) is 5.75 Å². The van der Waals surface area contributed by atoms with Gasteiger partial charge in [0.2, 0.25) is 0 Å².